The van der Waals surface area contributed by atoms with Crippen molar-refractivity contribution < 1.29 is 0 Å². The SMILES string of the molecule is CNCCC1CCCCN1c1ncnc2sccc12. The van der Waals surface area contributed by atoms with Crippen molar-refractivity contribution >= 4 is 27.4 Å². The zero-order valence-electron chi connectivity index (χ0n) is 11.3. The zero-order valence-corrected chi connectivity index (χ0v) is 12.1. The van der Waals surface area contributed by atoms with Crippen LogP contribution in [-0.2, 0) is 0 Å². The van der Waals surface area contributed by atoms with Crippen LogP contribution < -0.4 is 10.2 Å². The molecule has 0 saturated carbocycles. The summed E-state index contributed by atoms with van der Waals surface area (Å²) in [5.74, 6) is 1.13. The Morgan fingerprint density at radius 2 is 2.37 bits per heavy atom. The van der Waals surface area contributed by atoms with Gasteiger partial charge in [-0.05, 0) is 50.7 Å². The molecule has 1 atom stereocenters. The summed E-state index contributed by atoms with van der Waals surface area (Å²) < 4.78 is 0. The van der Waals surface area contributed by atoms with E-state index in [0.29, 0.717) is 6.04 Å². The van der Waals surface area contributed by atoms with Crippen molar-refractivity contribution in [2.24, 2.45) is 0 Å². The van der Waals surface area contributed by atoms with E-state index < -0.39 is 0 Å². The maximum absolute atomic E-state index is 4.56. The third-order valence-electron chi connectivity index (χ3n) is 3.87. The minimum absolute atomic E-state index is 0.610. The Morgan fingerprint density at radius 1 is 1.42 bits per heavy atom. The molecule has 102 valence electrons. The molecule has 3 heterocycles. The molecule has 0 spiro atoms. The second kappa shape index (κ2) is 5.84. The van der Waals surface area contributed by atoms with E-state index in [4.69, 9.17) is 0 Å². The first-order chi connectivity index (χ1) is 9.40. The molecule has 0 radical (unpaired) electrons. The molecule has 0 aromatic carbocycles. The minimum Gasteiger partial charge on any atom is -0.353 e. The molecule has 1 N–H and O–H groups in total. The zero-order chi connectivity index (χ0) is 13.1. The number of aromatic nitrogens is 2. The Balaban J connectivity index is 1.91. The number of piperidine rings is 1. The van der Waals surface area contributed by atoms with Crippen molar-refractivity contribution in [2.45, 2.75) is 31.7 Å². The van der Waals surface area contributed by atoms with Crippen LogP contribution in [0.2, 0.25) is 0 Å². The third kappa shape index (κ3) is 2.58. The van der Waals surface area contributed by atoms with Crippen LogP contribution in [0.1, 0.15) is 25.7 Å². The first kappa shape index (κ1) is 12.8. The van der Waals surface area contributed by atoms with E-state index in [1.807, 2.05) is 7.05 Å². The average Bonchev–Trinajstić information content (AvgIpc) is 2.94. The van der Waals surface area contributed by atoms with Crippen molar-refractivity contribution in [2.75, 3.05) is 25.0 Å². The van der Waals surface area contributed by atoms with Gasteiger partial charge in [-0.2, -0.15) is 0 Å². The largest absolute Gasteiger partial charge is 0.353 e. The van der Waals surface area contributed by atoms with Gasteiger partial charge in [0.15, 0.2) is 0 Å². The van der Waals surface area contributed by atoms with E-state index >= 15 is 0 Å². The molecule has 0 bridgehead atoms. The van der Waals surface area contributed by atoms with E-state index in [-0.39, 0.29) is 0 Å². The van der Waals surface area contributed by atoms with E-state index in [1.54, 1.807) is 17.7 Å². The highest BCUT2D eigenvalue weighted by Gasteiger charge is 2.24. The van der Waals surface area contributed by atoms with Gasteiger partial charge >= 0.3 is 0 Å². The van der Waals surface area contributed by atoms with Gasteiger partial charge in [0, 0.05) is 12.6 Å². The summed E-state index contributed by atoms with van der Waals surface area (Å²) in [6, 6.07) is 2.76. The van der Waals surface area contributed by atoms with Crippen molar-refractivity contribution in [3.05, 3.63) is 17.8 Å². The molecule has 1 saturated heterocycles. The minimum atomic E-state index is 0.610. The molecular formula is C14H20N4S. The Hall–Kier alpha value is -1.20. The fourth-order valence-electron chi connectivity index (χ4n) is 2.90. The third-order valence-corrected chi connectivity index (χ3v) is 4.69. The molecule has 0 amide bonds. The number of fused-ring (bicyclic) bond motifs is 1. The number of thiophene rings is 1. The van der Waals surface area contributed by atoms with Crippen molar-refractivity contribution in [3.8, 4) is 0 Å². The smallest absolute Gasteiger partial charge is 0.141 e. The molecule has 19 heavy (non-hydrogen) atoms. The fourth-order valence-corrected chi connectivity index (χ4v) is 3.62. The molecule has 4 nitrogen and oxygen atoms in total. The number of hydrogen-bond acceptors (Lipinski definition) is 5. The van der Waals surface area contributed by atoms with Gasteiger partial charge in [0.1, 0.15) is 17.0 Å². The number of rotatable bonds is 4. The predicted molar refractivity (Wildman–Crippen MR) is 80.9 cm³/mol. The summed E-state index contributed by atoms with van der Waals surface area (Å²) >= 11 is 1.69. The van der Waals surface area contributed by atoms with E-state index in [1.165, 1.54) is 31.1 Å². The summed E-state index contributed by atoms with van der Waals surface area (Å²) in [6.45, 7) is 2.19. The van der Waals surface area contributed by atoms with Crippen molar-refractivity contribution in [3.63, 3.8) is 0 Å². The first-order valence-electron chi connectivity index (χ1n) is 6.99. The molecule has 1 aliphatic heterocycles. The highest BCUT2D eigenvalue weighted by Crippen LogP contribution is 2.31. The van der Waals surface area contributed by atoms with Gasteiger partial charge in [0.25, 0.3) is 0 Å². The van der Waals surface area contributed by atoms with Crippen molar-refractivity contribution in [1.82, 2.24) is 15.3 Å². The molecule has 3 rings (SSSR count). The second-order valence-electron chi connectivity index (χ2n) is 5.07. The quantitative estimate of drug-likeness (QED) is 0.932. The van der Waals surface area contributed by atoms with Crippen LogP contribution in [0.15, 0.2) is 17.8 Å². The molecule has 1 aliphatic rings. The van der Waals surface area contributed by atoms with E-state index in [9.17, 15) is 0 Å². The van der Waals surface area contributed by atoms with Crippen LogP contribution in [-0.4, -0.2) is 36.1 Å². The van der Waals surface area contributed by atoms with Crippen LogP contribution in [0.4, 0.5) is 5.82 Å². The average molecular weight is 276 g/mol. The van der Waals surface area contributed by atoms with Gasteiger partial charge < -0.3 is 10.2 Å². The maximum atomic E-state index is 4.56. The normalized spacial score (nSPS) is 20.1. The molecule has 0 aliphatic carbocycles. The maximum Gasteiger partial charge on any atom is 0.141 e. The van der Waals surface area contributed by atoms with Crippen LogP contribution in [0.3, 0.4) is 0 Å². The van der Waals surface area contributed by atoms with Gasteiger partial charge in [0.2, 0.25) is 0 Å². The standard InChI is InChI=1S/C14H20N4S/c1-15-7-5-11-4-2-3-8-18(11)13-12-6-9-19-14(12)17-10-16-13/h6,9-11,15H,2-5,7-8H2,1H3. The predicted octanol–water partition coefficient (Wildman–Crippen LogP) is 2.66. The topological polar surface area (TPSA) is 41.0 Å². The lowest BCUT2D eigenvalue weighted by Crippen LogP contribution is -2.41. The highest BCUT2D eigenvalue weighted by atomic mass is 32.1. The van der Waals surface area contributed by atoms with Gasteiger partial charge in [-0.1, -0.05) is 0 Å². The van der Waals surface area contributed by atoms with Crippen LogP contribution in [0, 0.1) is 0 Å². The summed E-state index contributed by atoms with van der Waals surface area (Å²) in [4.78, 5) is 12.5. The number of hydrogen-bond donors (Lipinski definition) is 1. The van der Waals surface area contributed by atoms with Crippen molar-refractivity contribution in [1.29, 1.82) is 0 Å². The van der Waals surface area contributed by atoms with Gasteiger partial charge in [0.05, 0.1) is 5.39 Å². The van der Waals surface area contributed by atoms with E-state index in [0.717, 1.165) is 23.7 Å². The summed E-state index contributed by atoms with van der Waals surface area (Å²) in [6.07, 6.45) is 6.77. The lowest BCUT2D eigenvalue weighted by Gasteiger charge is -2.37. The number of nitrogens with one attached hydrogen (secondary N) is 1. The van der Waals surface area contributed by atoms with Gasteiger partial charge in [-0.3, -0.25) is 0 Å². The lowest BCUT2D eigenvalue weighted by molar-refractivity contribution is 0.431. The Bertz CT molecular complexity index is 539. The monoisotopic (exact) mass is 276 g/mol. The Morgan fingerprint density at radius 3 is 3.26 bits per heavy atom. The molecule has 1 unspecified atom stereocenters. The van der Waals surface area contributed by atoms with Gasteiger partial charge in [-0.25, -0.2) is 9.97 Å². The van der Waals surface area contributed by atoms with Crippen LogP contribution >= 0.6 is 11.3 Å². The summed E-state index contributed by atoms with van der Waals surface area (Å²) in [5, 5.41) is 6.58. The molecular weight excluding hydrogens is 256 g/mol. The number of nitrogens with zero attached hydrogens (tertiary/aromatic N) is 3. The Kier molecular flexibility index (Phi) is 3.94. The van der Waals surface area contributed by atoms with Crippen LogP contribution in [0.5, 0.6) is 0 Å². The molecule has 1 fully saturated rings. The second-order valence-corrected chi connectivity index (χ2v) is 5.97. The summed E-state index contributed by atoms with van der Waals surface area (Å²) in [7, 11) is 2.02. The fraction of sp³-hybridized carbons (Fsp3) is 0.571. The van der Waals surface area contributed by atoms with Gasteiger partial charge in [-0.15, -0.1) is 11.3 Å². The molecule has 2 aromatic rings. The molecule has 2 aromatic heterocycles. The Labute approximate surface area is 117 Å². The first-order valence-corrected chi connectivity index (χ1v) is 7.87. The summed E-state index contributed by atoms with van der Waals surface area (Å²) in [5.41, 5.74) is 0. The van der Waals surface area contributed by atoms with Crippen LogP contribution in [0.25, 0.3) is 10.2 Å². The lowest BCUT2D eigenvalue weighted by atomic mass is 9.99. The molecule has 5 heteroatoms. The highest BCUT2D eigenvalue weighted by molar-refractivity contribution is 7.16. The number of anilines is 1. The van der Waals surface area contributed by atoms with E-state index in [2.05, 4.69) is 31.6 Å².